The highest BCUT2D eigenvalue weighted by molar-refractivity contribution is 5.95. The van der Waals surface area contributed by atoms with E-state index in [1.54, 1.807) is 0 Å². The van der Waals surface area contributed by atoms with Crippen LogP contribution in [0, 0.1) is 5.92 Å². The quantitative estimate of drug-likeness (QED) is 0.815. The second-order valence-electron chi connectivity index (χ2n) is 8.43. The van der Waals surface area contributed by atoms with Crippen molar-refractivity contribution in [2.45, 2.75) is 65.3 Å². The number of hydrogen-bond donors (Lipinski definition) is 1. The van der Waals surface area contributed by atoms with Gasteiger partial charge < -0.3 is 15.0 Å². The monoisotopic (exact) mass is 387 g/mol. The SMILES string of the molecule is CC(C)[C@@H](C(=O)NCc1ccc(N2CCCC2=O)cc1)N1C[C@@H](C)O[C@H](C)C1. The minimum Gasteiger partial charge on any atom is -0.373 e. The lowest BCUT2D eigenvalue weighted by Gasteiger charge is -2.41. The molecular weight excluding hydrogens is 354 g/mol. The van der Waals surface area contributed by atoms with Crippen molar-refractivity contribution in [3.8, 4) is 0 Å². The Balaban J connectivity index is 1.59. The van der Waals surface area contributed by atoms with Crippen LogP contribution >= 0.6 is 0 Å². The Bertz CT molecular complexity index is 679. The van der Waals surface area contributed by atoms with Crippen molar-refractivity contribution in [3.05, 3.63) is 29.8 Å². The molecule has 0 unspecified atom stereocenters. The highest BCUT2D eigenvalue weighted by Gasteiger charge is 2.34. The molecule has 1 aromatic rings. The largest absolute Gasteiger partial charge is 0.373 e. The first-order valence-corrected chi connectivity index (χ1v) is 10.4. The van der Waals surface area contributed by atoms with Gasteiger partial charge in [0.05, 0.1) is 18.2 Å². The van der Waals surface area contributed by atoms with E-state index in [4.69, 9.17) is 4.74 Å². The molecule has 3 atom stereocenters. The summed E-state index contributed by atoms with van der Waals surface area (Å²) in [7, 11) is 0. The molecule has 0 spiro atoms. The Labute approximate surface area is 168 Å². The second-order valence-corrected chi connectivity index (χ2v) is 8.43. The van der Waals surface area contributed by atoms with Gasteiger partial charge in [0.25, 0.3) is 0 Å². The van der Waals surface area contributed by atoms with Crippen LogP contribution < -0.4 is 10.2 Å². The van der Waals surface area contributed by atoms with Crippen LogP contribution in [-0.4, -0.2) is 54.6 Å². The normalized spacial score (nSPS) is 24.6. The summed E-state index contributed by atoms with van der Waals surface area (Å²) in [5, 5.41) is 3.10. The van der Waals surface area contributed by atoms with Crippen LogP contribution in [0.1, 0.15) is 46.1 Å². The fourth-order valence-corrected chi connectivity index (χ4v) is 4.34. The topological polar surface area (TPSA) is 61.9 Å². The lowest BCUT2D eigenvalue weighted by atomic mass is 9.99. The molecule has 6 heteroatoms. The van der Waals surface area contributed by atoms with Crippen molar-refractivity contribution in [1.82, 2.24) is 10.2 Å². The minimum absolute atomic E-state index is 0.0649. The molecule has 0 saturated carbocycles. The number of amides is 2. The number of carbonyl (C=O) groups excluding carboxylic acids is 2. The predicted octanol–water partition coefficient (Wildman–Crippen LogP) is 2.56. The molecule has 3 rings (SSSR count). The van der Waals surface area contributed by atoms with Crippen molar-refractivity contribution in [1.29, 1.82) is 0 Å². The van der Waals surface area contributed by atoms with Gasteiger partial charge in [-0.05, 0) is 43.9 Å². The van der Waals surface area contributed by atoms with Crippen LogP contribution in [0.2, 0.25) is 0 Å². The zero-order chi connectivity index (χ0) is 20.3. The zero-order valence-electron chi connectivity index (χ0n) is 17.5. The summed E-state index contributed by atoms with van der Waals surface area (Å²) in [6.45, 7) is 11.1. The maximum absolute atomic E-state index is 12.9. The number of nitrogens with zero attached hydrogens (tertiary/aromatic N) is 2. The molecule has 2 amide bonds. The Morgan fingerprint density at radius 2 is 1.82 bits per heavy atom. The molecule has 1 aromatic carbocycles. The number of ether oxygens (including phenoxy) is 1. The van der Waals surface area contributed by atoms with Crippen molar-refractivity contribution >= 4 is 17.5 Å². The summed E-state index contributed by atoms with van der Waals surface area (Å²) in [5.74, 6) is 0.478. The smallest absolute Gasteiger partial charge is 0.237 e. The van der Waals surface area contributed by atoms with E-state index < -0.39 is 0 Å². The van der Waals surface area contributed by atoms with E-state index in [9.17, 15) is 9.59 Å². The molecule has 0 bridgehead atoms. The van der Waals surface area contributed by atoms with Gasteiger partial charge in [0, 0.05) is 38.3 Å². The molecule has 0 radical (unpaired) electrons. The molecule has 1 N–H and O–H groups in total. The van der Waals surface area contributed by atoms with Crippen LogP contribution in [0.3, 0.4) is 0 Å². The molecule has 2 saturated heterocycles. The number of carbonyl (C=O) groups is 2. The molecule has 2 fully saturated rings. The average Bonchev–Trinajstić information content (AvgIpc) is 3.05. The lowest BCUT2D eigenvalue weighted by molar-refractivity contribution is -0.135. The first-order valence-electron chi connectivity index (χ1n) is 10.4. The summed E-state index contributed by atoms with van der Waals surface area (Å²) in [4.78, 5) is 28.9. The summed E-state index contributed by atoms with van der Waals surface area (Å²) < 4.78 is 5.81. The molecular formula is C22H33N3O3. The standard InChI is InChI=1S/C22H33N3O3/c1-15(2)21(24-13-16(3)28-17(4)14-24)22(27)23-12-18-7-9-19(10-8-18)25-11-5-6-20(25)26/h7-10,15-17,21H,5-6,11-14H2,1-4H3,(H,23,27)/t16-,17-,21+/m1/s1. The van der Waals surface area contributed by atoms with Crippen LogP contribution in [0.5, 0.6) is 0 Å². The molecule has 154 valence electrons. The number of benzene rings is 1. The van der Waals surface area contributed by atoms with Crippen molar-refractivity contribution < 1.29 is 14.3 Å². The van der Waals surface area contributed by atoms with Gasteiger partial charge in [0.2, 0.25) is 11.8 Å². The summed E-state index contributed by atoms with van der Waals surface area (Å²) in [6.07, 6.45) is 1.83. The van der Waals surface area contributed by atoms with Gasteiger partial charge >= 0.3 is 0 Å². The van der Waals surface area contributed by atoms with Crippen LogP contribution in [0.25, 0.3) is 0 Å². The Morgan fingerprint density at radius 3 is 2.36 bits per heavy atom. The van der Waals surface area contributed by atoms with E-state index in [2.05, 4.69) is 37.9 Å². The van der Waals surface area contributed by atoms with Crippen LogP contribution in [0.15, 0.2) is 24.3 Å². The highest BCUT2D eigenvalue weighted by atomic mass is 16.5. The van der Waals surface area contributed by atoms with E-state index in [1.807, 2.05) is 29.2 Å². The maximum Gasteiger partial charge on any atom is 0.237 e. The van der Waals surface area contributed by atoms with Gasteiger partial charge in [-0.15, -0.1) is 0 Å². The van der Waals surface area contributed by atoms with Gasteiger partial charge in [-0.2, -0.15) is 0 Å². The Morgan fingerprint density at radius 1 is 1.18 bits per heavy atom. The van der Waals surface area contributed by atoms with Crippen molar-refractivity contribution in [2.75, 3.05) is 24.5 Å². The Hall–Kier alpha value is -1.92. The van der Waals surface area contributed by atoms with Crippen LogP contribution in [0.4, 0.5) is 5.69 Å². The fraction of sp³-hybridized carbons (Fsp3) is 0.636. The summed E-state index contributed by atoms with van der Waals surface area (Å²) in [6, 6.07) is 7.76. The third-order valence-corrected chi connectivity index (χ3v) is 5.53. The number of nitrogens with one attached hydrogen (secondary N) is 1. The maximum atomic E-state index is 12.9. The third kappa shape index (κ3) is 4.92. The molecule has 2 aliphatic rings. The molecule has 28 heavy (non-hydrogen) atoms. The van der Waals surface area contributed by atoms with Crippen molar-refractivity contribution in [2.24, 2.45) is 5.92 Å². The van der Waals surface area contributed by atoms with Gasteiger partial charge in [-0.1, -0.05) is 26.0 Å². The van der Waals surface area contributed by atoms with E-state index in [1.165, 1.54) is 0 Å². The first kappa shape index (κ1) is 20.8. The molecule has 0 aliphatic carbocycles. The number of morpholine rings is 1. The van der Waals surface area contributed by atoms with Crippen molar-refractivity contribution in [3.63, 3.8) is 0 Å². The first-order chi connectivity index (χ1) is 13.3. The van der Waals surface area contributed by atoms with Gasteiger partial charge in [-0.3, -0.25) is 14.5 Å². The molecule has 2 aliphatic heterocycles. The molecule has 0 aromatic heterocycles. The third-order valence-electron chi connectivity index (χ3n) is 5.53. The van der Waals surface area contributed by atoms with Gasteiger partial charge in [-0.25, -0.2) is 0 Å². The number of anilines is 1. The summed E-state index contributed by atoms with van der Waals surface area (Å²) in [5.41, 5.74) is 1.98. The predicted molar refractivity (Wildman–Crippen MR) is 110 cm³/mol. The minimum atomic E-state index is -0.157. The summed E-state index contributed by atoms with van der Waals surface area (Å²) >= 11 is 0. The molecule has 6 nitrogen and oxygen atoms in total. The van der Waals surface area contributed by atoms with E-state index in [0.717, 1.165) is 37.3 Å². The van der Waals surface area contributed by atoms with Gasteiger partial charge in [0.15, 0.2) is 0 Å². The Kier molecular flexibility index (Phi) is 6.73. The molecule has 2 heterocycles. The number of rotatable bonds is 6. The second kappa shape index (κ2) is 9.05. The van der Waals surface area contributed by atoms with E-state index >= 15 is 0 Å². The van der Waals surface area contributed by atoms with E-state index in [-0.39, 0.29) is 36.0 Å². The lowest BCUT2D eigenvalue weighted by Crippen LogP contribution is -2.56. The van der Waals surface area contributed by atoms with E-state index in [0.29, 0.717) is 13.0 Å². The zero-order valence-corrected chi connectivity index (χ0v) is 17.5. The number of hydrogen-bond acceptors (Lipinski definition) is 4. The fourth-order valence-electron chi connectivity index (χ4n) is 4.34. The highest BCUT2D eigenvalue weighted by Crippen LogP contribution is 2.22. The van der Waals surface area contributed by atoms with Gasteiger partial charge in [0.1, 0.15) is 0 Å². The average molecular weight is 388 g/mol. The van der Waals surface area contributed by atoms with Crippen LogP contribution in [-0.2, 0) is 20.9 Å².